The molecule has 0 spiro atoms. The molecule has 0 radical (unpaired) electrons. The van der Waals surface area contributed by atoms with Gasteiger partial charge in [0.25, 0.3) is 0 Å². The molecular weight excluding hydrogens is 274 g/mol. The van der Waals surface area contributed by atoms with Gasteiger partial charge in [-0.2, -0.15) is 0 Å². The number of aromatic nitrogens is 1. The molecule has 0 atom stereocenters. The maximum Gasteiger partial charge on any atom is 0.185 e. The van der Waals surface area contributed by atoms with Crippen LogP contribution in [0.4, 0.5) is 5.13 Å². The van der Waals surface area contributed by atoms with Crippen LogP contribution in [0.15, 0.2) is 6.20 Å². The molecule has 0 amide bonds. The average molecular weight is 290 g/mol. The van der Waals surface area contributed by atoms with Crippen LogP contribution >= 0.6 is 27.3 Å². The number of hydrogen-bond donors (Lipinski definition) is 0. The first kappa shape index (κ1) is 11.4. The topological polar surface area (TPSA) is 19.4 Å². The Kier molecular flexibility index (Phi) is 3.99. The van der Waals surface area contributed by atoms with E-state index < -0.39 is 0 Å². The number of thiazole rings is 1. The van der Waals surface area contributed by atoms with Crippen molar-refractivity contribution in [1.82, 2.24) is 9.88 Å². The molecule has 0 saturated carbocycles. The highest BCUT2D eigenvalue weighted by Crippen LogP contribution is 2.24. The van der Waals surface area contributed by atoms with Crippen molar-refractivity contribution in [3.8, 4) is 0 Å². The van der Waals surface area contributed by atoms with Gasteiger partial charge in [-0.25, -0.2) is 4.98 Å². The molecule has 1 saturated heterocycles. The highest BCUT2D eigenvalue weighted by molar-refractivity contribution is 9.08. The molecule has 1 aromatic rings. The summed E-state index contributed by atoms with van der Waals surface area (Å²) < 4.78 is 0. The first-order valence-corrected chi connectivity index (χ1v) is 7.25. The number of piperazine rings is 1. The molecular formula is C10H16BrN3S. The Morgan fingerprint density at radius 2 is 2.13 bits per heavy atom. The van der Waals surface area contributed by atoms with E-state index in [1.54, 1.807) is 11.3 Å². The van der Waals surface area contributed by atoms with E-state index in [9.17, 15) is 0 Å². The van der Waals surface area contributed by atoms with Crippen molar-refractivity contribution in [1.29, 1.82) is 0 Å². The molecule has 0 N–H and O–H groups in total. The second-order valence-electron chi connectivity index (χ2n) is 3.66. The van der Waals surface area contributed by atoms with Crippen LogP contribution in [0.1, 0.15) is 11.8 Å². The third-order valence-corrected chi connectivity index (χ3v) is 4.80. The molecule has 1 fully saturated rings. The quantitative estimate of drug-likeness (QED) is 0.795. The van der Waals surface area contributed by atoms with Gasteiger partial charge in [0.15, 0.2) is 5.13 Å². The van der Waals surface area contributed by atoms with Crippen LogP contribution < -0.4 is 4.90 Å². The van der Waals surface area contributed by atoms with E-state index in [0.717, 1.165) is 18.4 Å². The van der Waals surface area contributed by atoms with Crippen molar-refractivity contribution in [2.75, 3.05) is 37.6 Å². The van der Waals surface area contributed by atoms with Gasteiger partial charge in [-0.1, -0.05) is 22.9 Å². The van der Waals surface area contributed by atoms with Gasteiger partial charge in [0, 0.05) is 42.6 Å². The third kappa shape index (κ3) is 2.71. The van der Waals surface area contributed by atoms with E-state index in [4.69, 9.17) is 0 Å². The summed E-state index contributed by atoms with van der Waals surface area (Å²) in [6.07, 6.45) is 1.97. The number of likely N-dealkylation sites (N-methyl/N-ethyl adjacent to an activating group) is 1. The fraction of sp³-hybridized carbons (Fsp3) is 0.700. The minimum Gasteiger partial charge on any atom is -0.346 e. The van der Waals surface area contributed by atoms with Crippen LogP contribution in [-0.4, -0.2) is 42.6 Å². The molecule has 0 unspecified atom stereocenters. The first-order chi connectivity index (χ1) is 7.33. The lowest BCUT2D eigenvalue weighted by molar-refractivity contribution is 0.271. The fourth-order valence-corrected chi connectivity index (χ4v) is 3.06. The van der Waals surface area contributed by atoms with Gasteiger partial charge in [0.2, 0.25) is 0 Å². The summed E-state index contributed by atoms with van der Waals surface area (Å²) in [4.78, 5) is 10.6. The van der Waals surface area contributed by atoms with E-state index in [1.165, 1.54) is 29.6 Å². The summed E-state index contributed by atoms with van der Waals surface area (Å²) in [5.41, 5.74) is 0. The van der Waals surface area contributed by atoms with Crippen molar-refractivity contribution < 1.29 is 0 Å². The summed E-state index contributed by atoms with van der Waals surface area (Å²) in [6, 6.07) is 0. The number of nitrogens with zero attached hydrogens (tertiary/aromatic N) is 3. The van der Waals surface area contributed by atoms with Crippen molar-refractivity contribution in [3.63, 3.8) is 0 Å². The van der Waals surface area contributed by atoms with E-state index in [-0.39, 0.29) is 0 Å². The van der Waals surface area contributed by atoms with Crippen LogP contribution in [0.3, 0.4) is 0 Å². The van der Waals surface area contributed by atoms with Crippen molar-refractivity contribution in [3.05, 3.63) is 11.1 Å². The molecule has 0 bridgehead atoms. The Hall–Kier alpha value is -0.130. The van der Waals surface area contributed by atoms with Crippen molar-refractivity contribution >= 4 is 32.4 Å². The summed E-state index contributed by atoms with van der Waals surface area (Å²) in [6.45, 7) is 7.95. The minimum atomic E-state index is 0.916. The second kappa shape index (κ2) is 5.27. The monoisotopic (exact) mass is 289 g/mol. The van der Waals surface area contributed by atoms with Gasteiger partial charge in [-0.3, -0.25) is 0 Å². The number of hydrogen-bond acceptors (Lipinski definition) is 4. The summed E-state index contributed by atoms with van der Waals surface area (Å²) in [7, 11) is 0. The lowest BCUT2D eigenvalue weighted by Gasteiger charge is -2.33. The number of rotatable bonds is 3. The molecule has 5 heteroatoms. The maximum atomic E-state index is 4.46. The van der Waals surface area contributed by atoms with E-state index in [1.807, 2.05) is 6.20 Å². The Morgan fingerprint density at radius 3 is 2.67 bits per heavy atom. The lowest BCUT2D eigenvalue weighted by atomic mass is 10.3. The molecule has 0 aromatic carbocycles. The van der Waals surface area contributed by atoms with Crippen LogP contribution in [0, 0.1) is 0 Å². The smallest absolute Gasteiger partial charge is 0.185 e. The molecule has 2 heterocycles. The second-order valence-corrected chi connectivity index (χ2v) is 5.32. The largest absolute Gasteiger partial charge is 0.346 e. The Balaban J connectivity index is 1.95. The SMILES string of the molecule is CCN1CCN(c2ncc(CBr)s2)CC1. The molecule has 3 nitrogen and oxygen atoms in total. The Bertz CT molecular complexity index is 307. The van der Waals surface area contributed by atoms with Gasteiger partial charge < -0.3 is 9.80 Å². The predicted octanol–water partition coefficient (Wildman–Crippen LogP) is 2.18. The molecule has 15 heavy (non-hydrogen) atoms. The number of halogens is 1. The standard InChI is InChI=1S/C10H16BrN3S/c1-2-13-3-5-14(6-4-13)10-12-8-9(7-11)15-10/h8H,2-7H2,1H3. The highest BCUT2D eigenvalue weighted by atomic mass is 79.9. The van der Waals surface area contributed by atoms with Gasteiger partial charge in [0.05, 0.1) is 0 Å². The Morgan fingerprint density at radius 1 is 1.40 bits per heavy atom. The molecule has 1 aliphatic heterocycles. The van der Waals surface area contributed by atoms with Crippen LogP contribution in [-0.2, 0) is 5.33 Å². The normalized spacial score (nSPS) is 18.4. The van der Waals surface area contributed by atoms with Crippen molar-refractivity contribution in [2.24, 2.45) is 0 Å². The van der Waals surface area contributed by atoms with E-state index in [2.05, 4.69) is 37.6 Å². The van der Waals surface area contributed by atoms with Crippen LogP contribution in [0.25, 0.3) is 0 Å². The molecule has 1 aromatic heterocycles. The minimum absolute atomic E-state index is 0.916. The van der Waals surface area contributed by atoms with Gasteiger partial charge in [-0.05, 0) is 6.54 Å². The third-order valence-electron chi connectivity index (χ3n) is 2.76. The molecule has 84 valence electrons. The number of anilines is 1. The zero-order valence-electron chi connectivity index (χ0n) is 8.95. The maximum absolute atomic E-state index is 4.46. The first-order valence-electron chi connectivity index (χ1n) is 5.31. The van der Waals surface area contributed by atoms with Crippen molar-refractivity contribution in [2.45, 2.75) is 12.3 Å². The summed E-state index contributed by atoms with van der Waals surface area (Å²) >= 11 is 5.26. The summed E-state index contributed by atoms with van der Waals surface area (Å²) in [5, 5.41) is 2.10. The van der Waals surface area contributed by atoms with Crippen LogP contribution in [0.2, 0.25) is 0 Å². The molecule has 2 rings (SSSR count). The zero-order valence-corrected chi connectivity index (χ0v) is 11.4. The van der Waals surface area contributed by atoms with Crippen LogP contribution in [0.5, 0.6) is 0 Å². The predicted molar refractivity (Wildman–Crippen MR) is 69.1 cm³/mol. The number of alkyl halides is 1. The fourth-order valence-electron chi connectivity index (χ4n) is 1.76. The highest BCUT2D eigenvalue weighted by Gasteiger charge is 2.17. The van der Waals surface area contributed by atoms with E-state index >= 15 is 0 Å². The Labute approximate surface area is 103 Å². The van der Waals surface area contributed by atoms with Gasteiger partial charge >= 0.3 is 0 Å². The molecule has 0 aliphatic carbocycles. The van der Waals surface area contributed by atoms with E-state index in [0.29, 0.717) is 0 Å². The summed E-state index contributed by atoms with van der Waals surface area (Å²) in [5.74, 6) is 0. The average Bonchev–Trinajstić information content (AvgIpc) is 2.78. The molecule has 1 aliphatic rings. The van der Waals surface area contributed by atoms with Gasteiger partial charge in [-0.15, -0.1) is 11.3 Å². The zero-order chi connectivity index (χ0) is 10.7. The lowest BCUT2D eigenvalue weighted by Crippen LogP contribution is -2.46. The van der Waals surface area contributed by atoms with Gasteiger partial charge in [0.1, 0.15) is 0 Å².